The van der Waals surface area contributed by atoms with Crippen LogP contribution in [0.1, 0.15) is 40.6 Å². The van der Waals surface area contributed by atoms with E-state index in [0.717, 1.165) is 54.5 Å². The lowest BCUT2D eigenvalue weighted by Gasteiger charge is -2.12. The number of nitrogens with zero attached hydrogens (tertiary/aromatic N) is 5. The van der Waals surface area contributed by atoms with Gasteiger partial charge in [0.1, 0.15) is 12.4 Å². The molecule has 0 fully saturated rings. The Morgan fingerprint density at radius 2 is 2.00 bits per heavy atom. The van der Waals surface area contributed by atoms with E-state index in [1.54, 1.807) is 11.3 Å². The third-order valence-electron chi connectivity index (χ3n) is 3.94. The van der Waals surface area contributed by atoms with Crippen molar-refractivity contribution in [1.29, 1.82) is 0 Å². The van der Waals surface area contributed by atoms with Crippen LogP contribution in [0, 0.1) is 20.8 Å². The Morgan fingerprint density at radius 3 is 2.59 bits per heavy atom. The molecule has 0 aromatic carbocycles. The fourth-order valence-corrected chi connectivity index (χ4v) is 3.22. The number of aromatic nitrogens is 4. The number of aryl methyl sites for hydroxylation is 3. The summed E-state index contributed by atoms with van der Waals surface area (Å²) in [6.07, 6.45) is 0.927. The Hall–Kier alpha value is -1.27. The van der Waals surface area contributed by atoms with Crippen LogP contribution in [0.3, 0.4) is 0 Å². The summed E-state index contributed by atoms with van der Waals surface area (Å²) in [4.78, 5) is 10.3. The molecule has 2 aromatic rings. The molecule has 0 aliphatic heterocycles. The molecule has 0 saturated heterocycles. The van der Waals surface area contributed by atoms with Gasteiger partial charge >= 0.3 is 0 Å². The average Bonchev–Trinajstić information content (AvgIpc) is 3.11. The van der Waals surface area contributed by atoms with Crippen LogP contribution < -0.4 is 10.6 Å². The molecule has 2 rings (SSSR count). The molecule has 0 amide bonds. The molecular weight excluding hydrogens is 477 g/mol. The predicted octanol–water partition coefficient (Wildman–Crippen LogP) is 2.48. The minimum absolute atomic E-state index is 0. The largest absolute Gasteiger partial charge is 0.382 e. The van der Waals surface area contributed by atoms with E-state index in [2.05, 4.69) is 30.8 Å². The molecule has 0 bridgehead atoms. The summed E-state index contributed by atoms with van der Waals surface area (Å²) in [6.45, 7) is 11.5. The summed E-state index contributed by atoms with van der Waals surface area (Å²) in [5.41, 5.74) is 1.07. The van der Waals surface area contributed by atoms with Crippen molar-refractivity contribution >= 4 is 41.3 Å². The second-order valence-electron chi connectivity index (χ2n) is 5.96. The number of aliphatic imine (C=N–C) groups is 1. The Balaban J connectivity index is 0.00000364. The summed E-state index contributed by atoms with van der Waals surface area (Å²) in [7, 11) is 1.95. The Bertz CT molecular complexity index is 729. The zero-order valence-electron chi connectivity index (χ0n) is 16.7. The molecule has 27 heavy (non-hydrogen) atoms. The second kappa shape index (κ2) is 12.2. The molecule has 152 valence electrons. The van der Waals surface area contributed by atoms with Crippen molar-refractivity contribution < 1.29 is 4.74 Å². The van der Waals surface area contributed by atoms with Gasteiger partial charge in [0.15, 0.2) is 11.8 Å². The lowest BCUT2D eigenvalue weighted by Crippen LogP contribution is -2.37. The number of hydrogen-bond donors (Lipinski definition) is 2. The van der Waals surface area contributed by atoms with E-state index in [1.165, 1.54) is 4.88 Å². The van der Waals surface area contributed by atoms with Crippen molar-refractivity contribution in [2.75, 3.05) is 19.8 Å². The van der Waals surface area contributed by atoms with Gasteiger partial charge in [-0.3, -0.25) is 0 Å². The highest BCUT2D eigenvalue weighted by Gasteiger charge is 2.08. The third kappa shape index (κ3) is 7.70. The third-order valence-corrected chi connectivity index (χ3v) is 5.01. The average molecular weight is 507 g/mol. The molecule has 2 aromatic heterocycles. The molecule has 0 spiro atoms. The van der Waals surface area contributed by atoms with E-state index in [9.17, 15) is 0 Å². The Labute approximate surface area is 182 Å². The standard InChI is InChI=1S/C17H29N7OS.HI/c1-6-25-9-7-8-18-17(19-10-15-12(2)21-14(4)26-15)20-11-16-23-22-13(3)24(16)5;/h6-11H2,1-5H3,(H2,18,19,20);1H. The monoisotopic (exact) mass is 507 g/mol. The number of thiazole rings is 1. The molecule has 10 heteroatoms. The first-order valence-electron chi connectivity index (χ1n) is 8.89. The van der Waals surface area contributed by atoms with Crippen molar-refractivity contribution in [3.8, 4) is 0 Å². The summed E-state index contributed by atoms with van der Waals surface area (Å²) in [5.74, 6) is 2.47. The molecule has 0 saturated carbocycles. The first-order valence-corrected chi connectivity index (χ1v) is 9.70. The van der Waals surface area contributed by atoms with Crippen molar-refractivity contribution in [3.63, 3.8) is 0 Å². The maximum Gasteiger partial charge on any atom is 0.192 e. The quantitative estimate of drug-likeness (QED) is 0.235. The molecule has 2 heterocycles. The van der Waals surface area contributed by atoms with Crippen molar-refractivity contribution in [2.45, 2.75) is 47.2 Å². The van der Waals surface area contributed by atoms with Crippen LogP contribution in [-0.2, 0) is 24.9 Å². The second-order valence-corrected chi connectivity index (χ2v) is 7.25. The fourth-order valence-electron chi connectivity index (χ4n) is 2.34. The number of ether oxygens (including phenoxy) is 1. The molecule has 2 N–H and O–H groups in total. The SMILES string of the molecule is CCOCCCNC(=NCc1nnc(C)n1C)NCc1sc(C)nc1C.I. The van der Waals surface area contributed by atoms with E-state index in [4.69, 9.17) is 4.74 Å². The van der Waals surface area contributed by atoms with Crippen molar-refractivity contribution in [3.05, 3.63) is 27.2 Å². The van der Waals surface area contributed by atoms with Crippen LogP contribution in [0.2, 0.25) is 0 Å². The van der Waals surface area contributed by atoms with Crippen LogP contribution in [0.5, 0.6) is 0 Å². The van der Waals surface area contributed by atoms with Crippen molar-refractivity contribution in [2.24, 2.45) is 12.0 Å². The Kier molecular flexibility index (Phi) is 10.8. The van der Waals surface area contributed by atoms with E-state index >= 15 is 0 Å². The van der Waals surface area contributed by atoms with Gasteiger partial charge in [-0.25, -0.2) is 9.98 Å². The number of halogens is 1. The fraction of sp³-hybridized carbons (Fsp3) is 0.647. The number of hydrogen-bond acceptors (Lipinski definition) is 6. The molecule has 8 nitrogen and oxygen atoms in total. The zero-order valence-corrected chi connectivity index (χ0v) is 19.9. The first kappa shape index (κ1) is 23.8. The predicted molar refractivity (Wildman–Crippen MR) is 120 cm³/mol. The zero-order chi connectivity index (χ0) is 18.9. The van der Waals surface area contributed by atoms with Gasteiger partial charge in [0.25, 0.3) is 0 Å². The minimum Gasteiger partial charge on any atom is -0.382 e. The summed E-state index contributed by atoms with van der Waals surface area (Å²) in [6, 6.07) is 0. The molecule has 0 unspecified atom stereocenters. The highest BCUT2D eigenvalue weighted by Crippen LogP contribution is 2.16. The summed E-state index contributed by atoms with van der Waals surface area (Å²) >= 11 is 1.71. The molecule has 0 aliphatic carbocycles. The highest BCUT2D eigenvalue weighted by atomic mass is 127. The van der Waals surface area contributed by atoms with Crippen LogP contribution >= 0.6 is 35.3 Å². The van der Waals surface area contributed by atoms with Gasteiger partial charge in [-0.2, -0.15) is 0 Å². The van der Waals surface area contributed by atoms with Gasteiger partial charge in [0, 0.05) is 31.7 Å². The van der Waals surface area contributed by atoms with E-state index < -0.39 is 0 Å². The number of rotatable bonds is 9. The van der Waals surface area contributed by atoms with Gasteiger partial charge in [0.2, 0.25) is 0 Å². The topological polar surface area (TPSA) is 89.2 Å². The van der Waals surface area contributed by atoms with Crippen LogP contribution in [0.15, 0.2) is 4.99 Å². The summed E-state index contributed by atoms with van der Waals surface area (Å²) in [5, 5.41) is 16.1. The van der Waals surface area contributed by atoms with Gasteiger partial charge < -0.3 is 19.9 Å². The molecule has 0 radical (unpaired) electrons. The number of guanidine groups is 1. The normalized spacial score (nSPS) is 11.4. The van der Waals surface area contributed by atoms with Crippen LogP contribution in [0.25, 0.3) is 0 Å². The summed E-state index contributed by atoms with van der Waals surface area (Å²) < 4.78 is 7.33. The van der Waals surface area contributed by atoms with E-state index in [-0.39, 0.29) is 24.0 Å². The molecule has 0 aliphatic rings. The van der Waals surface area contributed by atoms with Gasteiger partial charge in [-0.15, -0.1) is 45.5 Å². The smallest absolute Gasteiger partial charge is 0.192 e. The Morgan fingerprint density at radius 1 is 1.22 bits per heavy atom. The lowest BCUT2D eigenvalue weighted by molar-refractivity contribution is 0.145. The maximum atomic E-state index is 5.38. The molecule has 0 atom stereocenters. The highest BCUT2D eigenvalue weighted by molar-refractivity contribution is 14.0. The van der Waals surface area contributed by atoms with Crippen molar-refractivity contribution in [1.82, 2.24) is 30.4 Å². The minimum atomic E-state index is 0. The lowest BCUT2D eigenvalue weighted by atomic mass is 10.4. The van der Waals surface area contributed by atoms with Gasteiger partial charge in [-0.1, -0.05) is 0 Å². The first-order chi connectivity index (χ1) is 12.5. The van der Waals surface area contributed by atoms with Crippen LogP contribution in [0.4, 0.5) is 0 Å². The molecular formula is C17H30IN7OS. The van der Waals surface area contributed by atoms with E-state index in [1.807, 2.05) is 39.3 Å². The number of nitrogens with one attached hydrogen (secondary N) is 2. The van der Waals surface area contributed by atoms with E-state index in [0.29, 0.717) is 13.1 Å². The van der Waals surface area contributed by atoms with Crippen LogP contribution in [-0.4, -0.2) is 45.5 Å². The van der Waals surface area contributed by atoms with Gasteiger partial charge in [-0.05, 0) is 34.1 Å². The maximum absolute atomic E-state index is 5.38. The van der Waals surface area contributed by atoms with Gasteiger partial charge in [0.05, 0.1) is 17.2 Å².